The van der Waals surface area contributed by atoms with Crippen LogP contribution in [0.5, 0.6) is 0 Å². The zero-order valence-electron chi connectivity index (χ0n) is 34.5. The van der Waals surface area contributed by atoms with Gasteiger partial charge in [0.15, 0.2) is 22.4 Å². The molecule has 3 fully saturated rings. The Morgan fingerprint density at radius 1 is 0.920 bits per heavy atom. The third-order valence-electron chi connectivity index (χ3n) is 13.8. The van der Waals surface area contributed by atoms with E-state index in [2.05, 4.69) is 107 Å². The van der Waals surface area contributed by atoms with Crippen molar-refractivity contribution in [1.29, 1.82) is 0 Å². The molecule has 0 unspecified atom stereocenters. The van der Waals surface area contributed by atoms with Gasteiger partial charge in [-0.05, 0) is 123 Å². The molecule has 3 saturated carbocycles. The number of carbonyl (C=O) groups excluding carboxylic acids is 1. The van der Waals surface area contributed by atoms with E-state index in [1.54, 1.807) is 11.1 Å². The minimum absolute atomic E-state index is 0.0252. The molecule has 0 spiro atoms. The van der Waals surface area contributed by atoms with Gasteiger partial charge >= 0.3 is 5.97 Å². The number of hydrogen-bond donors (Lipinski definition) is 0. The normalized spacial score (nSPS) is 31.4. The van der Waals surface area contributed by atoms with Crippen LogP contribution in [-0.2, 0) is 23.1 Å². The van der Waals surface area contributed by atoms with E-state index >= 15 is 0 Å². The third-order valence-corrected chi connectivity index (χ3v) is 22.8. The number of ether oxygens (including phenoxy) is 2. The molecule has 0 amide bonds. The van der Waals surface area contributed by atoms with E-state index in [0.717, 1.165) is 56.1 Å². The highest BCUT2D eigenvalue weighted by atomic mass is 28.4. The van der Waals surface area contributed by atoms with Crippen LogP contribution >= 0.6 is 0 Å². The first-order chi connectivity index (χ1) is 23.0. The number of hydrogen-bond acceptors (Lipinski definition) is 5. The van der Waals surface area contributed by atoms with E-state index in [-0.39, 0.29) is 34.2 Å². The van der Waals surface area contributed by atoms with Crippen LogP contribution in [0.2, 0.25) is 36.3 Å². The summed E-state index contributed by atoms with van der Waals surface area (Å²) in [6, 6.07) is 0. The summed E-state index contributed by atoms with van der Waals surface area (Å²) in [4.78, 5) is 13.6. The lowest BCUT2D eigenvalue weighted by molar-refractivity contribution is -0.220. The van der Waals surface area contributed by atoms with Gasteiger partial charge in [0.05, 0.1) is 6.10 Å². The summed E-state index contributed by atoms with van der Waals surface area (Å²) in [7, 11) is -4.58. The molecule has 0 aromatic carbocycles. The number of rotatable bonds is 10. The largest absolute Gasteiger partial charge is 0.458 e. The predicted octanol–water partition coefficient (Wildman–Crippen LogP) is 12.5. The maximum Gasteiger partial charge on any atom is 0.332 e. The fourth-order valence-electron chi connectivity index (χ4n) is 8.47. The number of allylic oxidation sites excluding steroid dienone is 5. The highest BCUT2D eigenvalue weighted by Crippen LogP contribution is 2.56. The summed E-state index contributed by atoms with van der Waals surface area (Å²) >= 11 is 0. The standard InChI is InChI=1S/C43H74O5Si2/c1-15-35-24-25-36-33(21-20-28-42(35,36)10)22-23-34-29-43(48-50(13,14)40(6,7)8,30-37(32(34)2)47-49(11,12)39(3,4)5)45-31-38(44)46-41(9)26-18-16-17-19-27-41/h22-24,36-37H,2,15-21,25-31H2,1,3-14H3/t36-,37-,42+,43+/m0/s1. The second-order valence-corrected chi connectivity index (χ2v) is 29.2. The van der Waals surface area contributed by atoms with Crippen LogP contribution in [0.1, 0.15) is 146 Å². The van der Waals surface area contributed by atoms with Gasteiger partial charge in [-0.1, -0.05) is 104 Å². The van der Waals surface area contributed by atoms with Crippen molar-refractivity contribution in [2.24, 2.45) is 11.3 Å². The van der Waals surface area contributed by atoms with E-state index in [0.29, 0.717) is 18.8 Å². The Bertz CT molecular complexity index is 1330. The summed E-state index contributed by atoms with van der Waals surface area (Å²) in [5.74, 6) is -0.770. The Labute approximate surface area is 309 Å². The Morgan fingerprint density at radius 3 is 2.12 bits per heavy atom. The highest BCUT2D eigenvalue weighted by Gasteiger charge is 2.52. The van der Waals surface area contributed by atoms with Crippen molar-refractivity contribution < 1.29 is 23.1 Å². The smallest absolute Gasteiger partial charge is 0.332 e. The monoisotopic (exact) mass is 727 g/mol. The van der Waals surface area contributed by atoms with Crippen molar-refractivity contribution in [3.05, 3.63) is 47.1 Å². The van der Waals surface area contributed by atoms with E-state index in [1.807, 2.05) is 0 Å². The molecule has 0 radical (unpaired) electrons. The Morgan fingerprint density at radius 2 is 1.54 bits per heavy atom. The highest BCUT2D eigenvalue weighted by molar-refractivity contribution is 6.74. The molecule has 284 valence electrons. The van der Waals surface area contributed by atoms with Crippen molar-refractivity contribution >= 4 is 22.6 Å². The van der Waals surface area contributed by atoms with Gasteiger partial charge in [0.1, 0.15) is 12.2 Å². The van der Waals surface area contributed by atoms with Crippen LogP contribution in [0, 0.1) is 11.3 Å². The van der Waals surface area contributed by atoms with Crippen molar-refractivity contribution in [2.45, 2.75) is 200 Å². The van der Waals surface area contributed by atoms with Crippen LogP contribution in [0.15, 0.2) is 47.1 Å². The van der Waals surface area contributed by atoms with Crippen LogP contribution < -0.4 is 0 Å². The zero-order chi connectivity index (χ0) is 37.4. The molecule has 4 rings (SSSR count). The van der Waals surface area contributed by atoms with Crippen LogP contribution in [0.4, 0.5) is 0 Å². The van der Waals surface area contributed by atoms with Gasteiger partial charge in [-0.3, -0.25) is 0 Å². The number of carbonyl (C=O) groups is 1. The second-order valence-electron chi connectivity index (χ2n) is 19.7. The molecule has 4 aliphatic rings. The lowest BCUT2D eigenvalue weighted by Gasteiger charge is -2.51. The maximum absolute atomic E-state index is 13.6. The van der Waals surface area contributed by atoms with Gasteiger partial charge in [-0.25, -0.2) is 4.79 Å². The molecule has 0 N–H and O–H groups in total. The quantitative estimate of drug-likeness (QED) is 0.0737. The van der Waals surface area contributed by atoms with E-state index in [1.165, 1.54) is 25.7 Å². The van der Waals surface area contributed by atoms with Gasteiger partial charge in [-0.15, -0.1) is 0 Å². The molecule has 5 nitrogen and oxygen atoms in total. The van der Waals surface area contributed by atoms with Gasteiger partial charge in [-0.2, -0.15) is 0 Å². The number of esters is 1. The summed E-state index contributed by atoms with van der Waals surface area (Å²) in [5, 5.41) is -0.0237. The first-order valence-electron chi connectivity index (χ1n) is 20.0. The van der Waals surface area contributed by atoms with Crippen LogP contribution in [0.3, 0.4) is 0 Å². The van der Waals surface area contributed by atoms with E-state index in [4.69, 9.17) is 24.9 Å². The number of fused-ring (bicyclic) bond motifs is 1. The molecule has 0 bridgehead atoms. The molecule has 0 aromatic heterocycles. The molecule has 50 heavy (non-hydrogen) atoms. The molecule has 0 aliphatic heterocycles. The topological polar surface area (TPSA) is 54.0 Å². The summed E-state index contributed by atoms with van der Waals surface area (Å²) in [5.41, 5.74) is 5.15. The lowest BCUT2D eigenvalue weighted by atomic mass is 9.64. The minimum atomic E-state index is -2.37. The molecule has 0 heterocycles. The molecule has 4 aliphatic carbocycles. The van der Waals surface area contributed by atoms with E-state index < -0.39 is 28.0 Å². The van der Waals surface area contributed by atoms with Crippen molar-refractivity contribution in [3.8, 4) is 0 Å². The van der Waals surface area contributed by atoms with Crippen LogP contribution in [0.25, 0.3) is 0 Å². The van der Waals surface area contributed by atoms with Crippen molar-refractivity contribution in [3.63, 3.8) is 0 Å². The molecular formula is C43H74O5Si2. The van der Waals surface area contributed by atoms with E-state index in [9.17, 15) is 4.79 Å². The zero-order valence-corrected chi connectivity index (χ0v) is 36.5. The molecular weight excluding hydrogens is 653 g/mol. The Balaban J connectivity index is 1.73. The first-order valence-corrected chi connectivity index (χ1v) is 25.8. The van der Waals surface area contributed by atoms with Gasteiger partial charge in [0.2, 0.25) is 0 Å². The molecule has 0 saturated heterocycles. The van der Waals surface area contributed by atoms with Crippen molar-refractivity contribution in [2.75, 3.05) is 6.61 Å². The minimum Gasteiger partial charge on any atom is -0.458 e. The van der Waals surface area contributed by atoms with Gasteiger partial charge in [0.25, 0.3) is 0 Å². The summed E-state index contributed by atoms with van der Waals surface area (Å²) in [6.45, 7) is 34.3. The molecule has 4 atom stereocenters. The average molecular weight is 727 g/mol. The first kappa shape index (κ1) is 41.5. The molecule has 0 aromatic rings. The predicted molar refractivity (Wildman–Crippen MR) is 214 cm³/mol. The Kier molecular flexibility index (Phi) is 12.6. The average Bonchev–Trinajstić information content (AvgIpc) is 3.19. The maximum atomic E-state index is 13.6. The van der Waals surface area contributed by atoms with Crippen molar-refractivity contribution in [1.82, 2.24) is 0 Å². The SMILES string of the molecule is C=C1C(=CC=C2CCC[C@]3(C)C(CC)=CC[C@@H]23)C[C@@](OCC(=O)OC2(C)CCCCCC2)(O[Si](C)(C)C(C)(C)C)C[C@@H]1O[Si](C)(C)C(C)(C)C. The molecule has 7 heteroatoms. The lowest BCUT2D eigenvalue weighted by Crippen LogP contribution is -2.56. The van der Waals surface area contributed by atoms with Gasteiger partial charge < -0.3 is 18.3 Å². The fourth-order valence-corrected chi connectivity index (χ4v) is 11.2. The summed E-state index contributed by atoms with van der Waals surface area (Å²) in [6.07, 6.45) is 20.3. The summed E-state index contributed by atoms with van der Waals surface area (Å²) < 4.78 is 27.6. The van der Waals surface area contributed by atoms with Gasteiger partial charge in [0, 0.05) is 12.8 Å². The fraction of sp³-hybridized carbons (Fsp3) is 0.791. The second kappa shape index (κ2) is 15.2. The Hall–Kier alpha value is -1.26. The van der Waals surface area contributed by atoms with Crippen LogP contribution in [-0.4, -0.2) is 46.7 Å². The third kappa shape index (κ3) is 9.27.